The molecule has 0 amide bonds. The first-order valence-corrected chi connectivity index (χ1v) is 12.3. The molecule has 4 heteroatoms. The lowest BCUT2D eigenvalue weighted by atomic mass is 10.0. The quantitative estimate of drug-likeness (QED) is 0.497. The number of anilines is 1. The van der Waals surface area contributed by atoms with Gasteiger partial charge in [0.2, 0.25) is 0 Å². The van der Waals surface area contributed by atoms with Crippen LogP contribution in [0.4, 0.5) is 5.69 Å². The molecule has 0 unspecified atom stereocenters. The van der Waals surface area contributed by atoms with E-state index in [9.17, 15) is 5.11 Å². The van der Waals surface area contributed by atoms with Gasteiger partial charge in [0.15, 0.2) is 0 Å². The van der Waals surface area contributed by atoms with Gasteiger partial charge >= 0.3 is 0 Å². The Balaban J connectivity index is 1.32. The van der Waals surface area contributed by atoms with Crippen LogP contribution in [0.3, 0.4) is 0 Å². The van der Waals surface area contributed by atoms with Crippen molar-refractivity contribution < 1.29 is 5.11 Å². The largest absolute Gasteiger partial charge is 0.508 e. The minimum Gasteiger partial charge on any atom is -0.508 e. The molecule has 1 aliphatic heterocycles. The van der Waals surface area contributed by atoms with Crippen molar-refractivity contribution in [2.24, 2.45) is 0 Å². The van der Waals surface area contributed by atoms with Gasteiger partial charge in [0.1, 0.15) is 5.75 Å². The Morgan fingerprint density at radius 2 is 1.62 bits per heavy atom. The SMILES string of the molecule is Oc1cccc(SCCc2ccccc2N2CCN(C3CCCCCC3)CC2)c1. The molecular weight excluding hydrogens is 376 g/mol. The van der Waals surface area contributed by atoms with Crippen molar-refractivity contribution in [1.29, 1.82) is 0 Å². The van der Waals surface area contributed by atoms with Crippen LogP contribution in [-0.2, 0) is 6.42 Å². The van der Waals surface area contributed by atoms with Gasteiger partial charge in [-0.2, -0.15) is 0 Å². The van der Waals surface area contributed by atoms with Gasteiger partial charge in [0, 0.05) is 48.6 Å². The van der Waals surface area contributed by atoms with Crippen molar-refractivity contribution in [3.63, 3.8) is 0 Å². The van der Waals surface area contributed by atoms with E-state index >= 15 is 0 Å². The van der Waals surface area contributed by atoms with E-state index in [1.54, 1.807) is 6.07 Å². The van der Waals surface area contributed by atoms with Gasteiger partial charge in [0.05, 0.1) is 0 Å². The zero-order valence-electron chi connectivity index (χ0n) is 17.4. The number of phenolic OH excluding ortho intramolecular Hbond substituents is 1. The zero-order chi connectivity index (χ0) is 19.9. The molecular formula is C25H34N2OS. The monoisotopic (exact) mass is 410 g/mol. The van der Waals surface area contributed by atoms with Crippen LogP contribution in [0.25, 0.3) is 0 Å². The highest BCUT2D eigenvalue weighted by Gasteiger charge is 2.25. The fraction of sp³-hybridized carbons (Fsp3) is 0.520. The van der Waals surface area contributed by atoms with Crippen LogP contribution in [0.1, 0.15) is 44.1 Å². The lowest BCUT2D eigenvalue weighted by Gasteiger charge is -2.40. The van der Waals surface area contributed by atoms with Crippen molar-refractivity contribution >= 4 is 17.4 Å². The third-order valence-corrected chi connectivity index (χ3v) is 7.44. The number of thioether (sulfide) groups is 1. The lowest BCUT2D eigenvalue weighted by Crippen LogP contribution is -2.50. The normalized spacial score (nSPS) is 19.2. The van der Waals surface area contributed by atoms with Gasteiger partial charge in [-0.1, -0.05) is 49.9 Å². The van der Waals surface area contributed by atoms with Crippen molar-refractivity contribution in [2.45, 2.75) is 55.9 Å². The number of aromatic hydroxyl groups is 1. The van der Waals surface area contributed by atoms with Crippen molar-refractivity contribution in [2.75, 3.05) is 36.8 Å². The van der Waals surface area contributed by atoms with Gasteiger partial charge in [-0.15, -0.1) is 11.8 Å². The van der Waals surface area contributed by atoms with Gasteiger partial charge < -0.3 is 10.0 Å². The Bertz CT molecular complexity index is 765. The van der Waals surface area contributed by atoms with E-state index in [4.69, 9.17) is 0 Å². The van der Waals surface area contributed by atoms with Crippen LogP contribution in [0.5, 0.6) is 5.75 Å². The van der Waals surface area contributed by atoms with Crippen LogP contribution in [0.15, 0.2) is 53.4 Å². The number of hydrogen-bond acceptors (Lipinski definition) is 4. The Morgan fingerprint density at radius 3 is 2.38 bits per heavy atom. The summed E-state index contributed by atoms with van der Waals surface area (Å²) in [7, 11) is 0. The summed E-state index contributed by atoms with van der Waals surface area (Å²) in [6.45, 7) is 4.70. The molecule has 4 rings (SSSR count). The minimum absolute atomic E-state index is 0.349. The topological polar surface area (TPSA) is 26.7 Å². The number of piperazine rings is 1. The summed E-state index contributed by atoms with van der Waals surface area (Å²) in [4.78, 5) is 6.50. The third-order valence-electron chi connectivity index (χ3n) is 6.45. The molecule has 29 heavy (non-hydrogen) atoms. The van der Waals surface area contributed by atoms with Crippen LogP contribution in [0, 0.1) is 0 Å². The fourth-order valence-electron chi connectivity index (χ4n) is 4.83. The summed E-state index contributed by atoms with van der Waals surface area (Å²) < 4.78 is 0. The van der Waals surface area contributed by atoms with Crippen molar-refractivity contribution in [3.05, 3.63) is 54.1 Å². The summed E-state index contributed by atoms with van der Waals surface area (Å²) in [5.74, 6) is 1.38. The van der Waals surface area contributed by atoms with E-state index in [-0.39, 0.29) is 0 Å². The molecule has 0 bridgehead atoms. The highest BCUT2D eigenvalue weighted by atomic mass is 32.2. The standard InChI is InChI=1S/C25H34N2OS/c28-23-11-7-12-24(20-23)29-19-14-21-8-5-6-13-25(21)27-17-15-26(16-18-27)22-9-3-1-2-4-10-22/h5-8,11-13,20,22,28H,1-4,9-10,14-19H2. The maximum absolute atomic E-state index is 9.65. The fourth-order valence-corrected chi connectivity index (χ4v) is 5.77. The van der Waals surface area contributed by atoms with Gasteiger partial charge in [-0.25, -0.2) is 0 Å². The summed E-state index contributed by atoms with van der Waals surface area (Å²) in [5, 5.41) is 9.65. The highest BCUT2D eigenvalue weighted by molar-refractivity contribution is 7.99. The van der Waals surface area contributed by atoms with Crippen LogP contribution in [-0.4, -0.2) is 48.0 Å². The molecule has 0 aromatic heterocycles. The molecule has 0 spiro atoms. The van der Waals surface area contributed by atoms with E-state index in [0.717, 1.165) is 36.2 Å². The first-order valence-electron chi connectivity index (χ1n) is 11.3. The highest BCUT2D eigenvalue weighted by Crippen LogP contribution is 2.28. The summed E-state index contributed by atoms with van der Waals surface area (Å²) in [6.07, 6.45) is 9.58. The average molecular weight is 411 g/mol. The summed E-state index contributed by atoms with van der Waals surface area (Å²) >= 11 is 1.82. The Morgan fingerprint density at radius 1 is 0.862 bits per heavy atom. The summed E-state index contributed by atoms with van der Waals surface area (Å²) in [6, 6.07) is 17.3. The van der Waals surface area contributed by atoms with Crippen molar-refractivity contribution in [3.8, 4) is 5.75 Å². The van der Waals surface area contributed by atoms with Crippen LogP contribution < -0.4 is 4.90 Å². The molecule has 1 aliphatic carbocycles. The van der Waals surface area contributed by atoms with E-state index in [1.807, 2.05) is 23.9 Å². The van der Waals surface area contributed by atoms with Crippen LogP contribution >= 0.6 is 11.8 Å². The zero-order valence-corrected chi connectivity index (χ0v) is 18.2. The molecule has 1 saturated heterocycles. The molecule has 156 valence electrons. The number of rotatable bonds is 6. The van der Waals surface area contributed by atoms with E-state index < -0.39 is 0 Å². The maximum Gasteiger partial charge on any atom is 0.116 e. The van der Waals surface area contributed by atoms with E-state index in [2.05, 4.69) is 40.1 Å². The second-order valence-electron chi connectivity index (χ2n) is 8.39. The van der Waals surface area contributed by atoms with Crippen LogP contribution in [0.2, 0.25) is 0 Å². The van der Waals surface area contributed by atoms with Gasteiger partial charge in [-0.3, -0.25) is 4.90 Å². The Hall–Kier alpha value is -1.65. The Labute approximate surface area is 180 Å². The Kier molecular flexibility index (Phi) is 7.39. The lowest BCUT2D eigenvalue weighted by molar-refractivity contribution is 0.169. The minimum atomic E-state index is 0.349. The van der Waals surface area contributed by atoms with Crippen molar-refractivity contribution in [1.82, 2.24) is 4.90 Å². The van der Waals surface area contributed by atoms with E-state index in [1.165, 1.54) is 62.9 Å². The van der Waals surface area contributed by atoms with E-state index in [0.29, 0.717) is 5.75 Å². The van der Waals surface area contributed by atoms with Gasteiger partial charge in [0.25, 0.3) is 0 Å². The molecule has 0 radical (unpaired) electrons. The molecule has 2 aromatic carbocycles. The third kappa shape index (κ3) is 5.70. The average Bonchev–Trinajstić information content (AvgIpc) is 3.04. The molecule has 1 N–H and O–H groups in total. The number of benzene rings is 2. The molecule has 3 nitrogen and oxygen atoms in total. The first kappa shape index (κ1) is 20.6. The number of phenols is 1. The molecule has 2 aliphatic rings. The predicted molar refractivity (Wildman–Crippen MR) is 124 cm³/mol. The second-order valence-corrected chi connectivity index (χ2v) is 9.56. The van der Waals surface area contributed by atoms with Gasteiger partial charge in [-0.05, 0) is 49.1 Å². The number of para-hydroxylation sites is 1. The molecule has 1 saturated carbocycles. The smallest absolute Gasteiger partial charge is 0.116 e. The first-order chi connectivity index (χ1) is 14.3. The summed E-state index contributed by atoms with van der Waals surface area (Å²) in [5.41, 5.74) is 2.87. The molecule has 2 aromatic rings. The number of hydrogen-bond donors (Lipinski definition) is 1. The number of aryl methyl sites for hydroxylation is 1. The molecule has 0 atom stereocenters. The number of nitrogens with zero attached hydrogens (tertiary/aromatic N) is 2. The molecule has 1 heterocycles. The second kappa shape index (κ2) is 10.4. The molecule has 2 fully saturated rings. The maximum atomic E-state index is 9.65. The predicted octanol–water partition coefficient (Wildman–Crippen LogP) is 5.57.